The zero-order valence-corrected chi connectivity index (χ0v) is 8.08. The summed E-state index contributed by atoms with van der Waals surface area (Å²) in [6.07, 6.45) is 3.29. The quantitative estimate of drug-likeness (QED) is 0.672. The predicted molar refractivity (Wildman–Crippen MR) is 49.0 cm³/mol. The molecular weight excluding hydrogens is 150 g/mol. The van der Waals surface area contributed by atoms with Crippen LogP contribution in [0.3, 0.4) is 0 Å². The molecule has 0 radical (unpaired) electrons. The zero-order valence-electron chi connectivity index (χ0n) is 8.08. The fourth-order valence-corrected chi connectivity index (χ4v) is 2.23. The maximum absolute atomic E-state index is 9.90. The maximum atomic E-state index is 9.90. The molecule has 2 rings (SSSR count). The summed E-state index contributed by atoms with van der Waals surface area (Å²) in [7, 11) is 0. The van der Waals surface area contributed by atoms with E-state index in [1.165, 1.54) is 13.0 Å². The number of likely N-dealkylation sites (tertiary alicyclic amines) is 1. The molecule has 2 fully saturated rings. The smallest absolute Gasteiger partial charge is 0.0690 e. The van der Waals surface area contributed by atoms with Gasteiger partial charge in [-0.25, -0.2) is 0 Å². The van der Waals surface area contributed by atoms with Crippen molar-refractivity contribution < 1.29 is 5.11 Å². The first-order valence-electron chi connectivity index (χ1n) is 5.08. The van der Waals surface area contributed by atoms with Gasteiger partial charge in [0.05, 0.1) is 5.60 Å². The van der Waals surface area contributed by atoms with E-state index in [2.05, 4.69) is 18.7 Å². The van der Waals surface area contributed by atoms with Crippen molar-refractivity contribution in [2.24, 2.45) is 5.92 Å². The van der Waals surface area contributed by atoms with Crippen molar-refractivity contribution in [2.75, 3.05) is 13.1 Å². The topological polar surface area (TPSA) is 23.5 Å². The predicted octanol–water partition coefficient (Wildman–Crippen LogP) is 1.24. The Morgan fingerprint density at radius 2 is 2.08 bits per heavy atom. The molecular formula is C10H19NO. The molecule has 1 aliphatic carbocycles. The Morgan fingerprint density at radius 1 is 1.42 bits per heavy atom. The van der Waals surface area contributed by atoms with E-state index in [0.717, 1.165) is 19.4 Å². The Bertz CT molecular complexity index is 175. The van der Waals surface area contributed by atoms with Crippen LogP contribution in [0, 0.1) is 5.92 Å². The van der Waals surface area contributed by atoms with Crippen LogP contribution in [-0.2, 0) is 0 Å². The van der Waals surface area contributed by atoms with E-state index in [1.807, 2.05) is 0 Å². The van der Waals surface area contributed by atoms with Gasteiger partial charge < -0.3 is 10.0 Å². The molecule has 1 saturated heterocycles. The van der Waals surface area contributed by atoms with Gasteiger partial charge >= 0.3 is 0 Å². The summed E-state index contributed by atoms with van der Waals surface area (Å²) in [6.45, 7) is 6.78. The highest BCUT2D eigenvalue weighted by Crippen LogP contribution is 2.46. The van der Waals surface area contributed by atoms with Gasteiger partial charge in [0.2, 0.25) is 0 Å². The Kier molecular flexibility index (Phi) is 1.92. The van der Waals surface area contributed by atoms with E-state index in [4.69, 9.17) is 0 Å². The van der Waals surface area contributed by atoms with Crippen molar-refractivity contribution in [1.29, 1.82) is 0 Å². The first-order valence-corrected chi connectivity index (χ1v) is 5.08. The van der Waals surface area contributed by atoms with Crippen molar-refractivity contribution in [3.05, 3.63) is 0 Å². The largest absolute Gasteiger partial charge is 0.390 e. The Balaban J connectivity index is 1.90. The van der Waals surface area contributed by atoms with Gasteiger partial charge in [-0.15, -0.1) is 0 Å². The molecule has 0 aromatic carbocycles. The first kappa shape index (κ1) is 8.52. The van der Waals surface area contributed by atoms with Crippen LogP contribution in [0.2, 0.25) is 0 Å². The average molecular weight is 169 g/mol. The van der Waals surface area contributed by atoms with E-state index in [0.29, 0.717) is 12.0 Å². The van der Waals surface area contributed by atoms with Gasteiger partial charge in [0, 0.05) is 18.5 Å². The molecule has 0 amide bonds. The molecule has 12 heavy (non-hydrogen) atoms. The van der Waals surface area contributed by atoms with Crippen molar-refractivity contribution in [1.82, 2.24) is 4.90 Å². The van der Waals surface area contributed by atoms with Crippen LogP contribution in [0.1, 0.15) is 33.1 Å². The normalized spacial score (nSPS) is 34.5. The number of nitrogens with zero attached hydrogens (tertiary/aromatic N) is 1. The Labute approximate surface area is 74.6 Å². The number of aliphatic hydroxyl groups is 1. The summed E-state index contributed by atoms with van der Waals surface area (Å²) in [4.78, 5) is 2.47. The van der Waals surface area contributed by atoms with Gasteiger partial charge in [-0.05, 0) is 39.7 Å². The van der Waals surface area contributed by atoms with Crippen molar-refractivity contribution in [2.45, 2.75) is 44.8 Å². The Morgan fingerprint density at radius 3 is 2.50 bits per heavy atom. The molecule has 1 aliphatic heterocycles. The maximum Gasteiger partial charge on any atom is 0.0690 e. The molecule has 0 spiro atoms. The lowest BCUT2D eigenvalue weighted by molar-refractivity contribution is 0.0829. The second-order valence-electron chi connectivity index (χ2n) is 4.68. The van der Waals surface area contributed by atoms with Crippen LogP contribution < -0.4 is 0 Å². The summed E-state index contributed by atoms with van der Waals surface area (Å²) in [5, 5.41) is 9.90. The van der Waals surface area contributed by atoms with Crippen molar-refractivity contribution >= 4 is 0 Å². The van der Waals surface area contributed by atoms with Crippen LogP contribution in [0.4, 0.5) is 0 Å². The molecule has 1 N–H and O–H groups in total. The second-order valence-corrected chi connectivity index (χ2v) is 4.68. The lowest BCUT2D eigenvalue weighted by Gasteiger charge is -2.21. The fraction of sp³-hybridized carbons (Fsp3) is 1.00. The van der Waals surface area contributed by atoms with Crippen LogP contribution in [0.25, 0.3) is 0 Å². The minimum Gasteiger partial charge on any atom is -0.390 e. The summed E-state index contributed by atoms with van der Waals surface area (Å²) >= 11 is 0. The molecule has 70 valence electrons. The minimum atomic E-state index is -0.246. The monoisotopic (exact) mass is 169 g/mol. The number of hydrogen-bond acceptors (Lipinski definition) is 2. The van der Waals surface area contributed by atoms with Gasteiger partial charge in [0.1, 0.15) is 0 Å². The van der Waals surface area contributed by atoms with Gasteiger partial charge in [-0.1, -0.05) is 0 Å². The molecule has 0 aromatic rings. The molecule has 2 aliphatic rings. The van der Waals surface area contributed by atoms with Gasteiger partial charge in [-0.3, -0.25) is 0 Å². The van der Waals surface area contributed by atoms with E-state index in [9.17, 15) is 5.11 Å². The molecule has 1 atom stereocenters. The third-order valence-electron chi connectivity index (χ3n) is 3.47. The van der Waals surface area contributed by atoms with Crippen molar-refractivity contribution in [3.8, 4) is 0 Å². The van der Waals surface area contributed by atoms with E-state index >= 15 is 0 Å². The molecule has 1 saturated carbocycles. The van der Waals surface area contributed by atoms with E-state index in [-0.39, 0.29) is 5.60 Å². The molecule has 1 heterocycles. The summed E-state index contributed by atoms with van der Waals surface area (Å²) < 4.78 is 0. The van der Waals surface area contributed by atoms with E-state index in [1.54, 1.807) is 0 Å². The van der Waals surface area contributed by atoms with Crippen molar-refractivity contribution in [3.63, 3.8) is 0 Å². The molecule has 1 unspecified atom stereocenters. The summed E-state index contributed by atoms with van der Waals surface area (Å²) in [5.41, 5.74) is -0.246. The third-order valence-corrected chi connectivity index (χ3v) is 3.47. The Hall–Kier alpha value is -0.0800. The van der Waals surface area contributed by atoms with Gasteiger partial charge in [-0.2, -0.15) is 0 Å². The molecule has 0 aromatic heterocycles. The SMILES string of the molecule is CC(C)N1CCC(C2(O)CC2)C1. The highest BCUT2D eigenvalue weighted by atomic mass is 16.3. The average Bonchev–Trinajstić information content (AvgIpc) is 2.61. The minimum absolute atomic E-state index is 0.246. The van der Waals surface area contributed by atoms with Gasteiger partial charge in [0.25, 0.3) is 0 Å². The summed E-state index contributed by atoms with van der Waals surface area (Å²) in [6, 6.07) is 0.650. The van der Waals surface area contributed by atoms with Crippen LogP contribution in [-0.4, -0.2) is 34.7 Å². The highest BCUT2D eigenvalue weighted by molar-refractivity contribution is 5.02. The van der Waals surface area contributed by atoms with Crippen LogP contribution in [0.15, 0.2) is 0 Å². The lowest BCUT2D eigenvalue weighted by atomic mass is 10.00. The second kappa shape index (κ2) is 2.71. The van der Waals surface area contributed by atoms with Crippen LogP contribution in [0.5, 0.6) is 0 Å². The number of rotatable bonds is 2. The first-order chi connectivity index (χ1) is 5.62. The zero-order chi connectivity index (χ0) is 8.77. The molecule has 2 heteroatoms. The highest BCUT2D eigenvalue weighted by Gasteiger charge is 2.49. The third kappa shape index (κ3) is 1.38. The molecule has 2 nitrogen and oxygen atoms in total. The van der Waals surface area contributed by atoms with Gasteiger partial charge in [0.15, 0.2) is 0 Å². The number of hydrogen-bond donors (Lipinski definition) is 1. The van der Waals surface area contributed by atoms with E-state index < -0.39 is 0 Å². The lowest BCUT2D eigenvalue weighted by Crippen LogP contribution is -2.31. The standard InChI is InChI=1S/C10H19NO/c1-8(2)11-6-3-9(7-11)10(12)4-5-10/h8-9,12H,3-7H2,1-2H3. The summed E-state index contributed by atoms with van der Waals surface area (Å²) in [5.74, 6) is 0.569. The van der Waals surface area contributed by atoms with Crippen LogP contribution >= 0.6 is 0 Å². The fourth-order valence-electron chi connectivity index (χ4n) is 2.23. The molecule has 0 bridgehead atoms.